The number of hydrogen-bond donors (Lipinski definition) is 0. The summed E-state index contributed by atoms with van der Waals surface area (Å²) in [5, 5.41) is 0. The number of allylic oxidation sites excluding steroid dienone is 4. The second-order valence-corrected chi connectivity index (χ2v) is 3.95. The Hall–Kier alpha value is -2.09. The zero-order valence-electron chi connectivity index (χ0n) is 11.1. The van der Waals surface area contributed by atoms with Crippen LogP contribution in [-0.4, -0.2) is 12.9 Å². The van der Waals surface area contributed by atoms with Gasteiger partial charge in [0, 0.05) is 11.1 Å². The van der Waals surface area contributed by atoms with E-state index in [1.165, 1.54) is 0 Å². The van der Waals surface area contributed by atoms with Gasteiger partial charge in [-0.3, -0.25) is 4.79 Å². The van der Waals surface area contributed by atoms with E-state index in [9.17, 15) is 4.79 Å². The Morgan fingerprint density at radius 3 is 2.33 bits per heavy atom. The Kier molecular flexibility index (Phi) is 5.12. The summed E-state index contributed by atoms with van der Waals surface area (Å²) in [6, 6.07) is 7.45. The Balaban J connectivity index is 2.79. The molecule has 18 heavy (non-hydrogen) atoms. The molecule has 0 spiro atoms. The van der Waals surface area contributed by atoms with Gasteiger partial charge in [0.15, 0.2) is 5.78 Å². The van der Waals surface area contributed by atoms with E-state index in [0.717, 1.165) is 5.56 Å². The zero-order chi connectivity index (χ0) is 13.5. The molecule has 0 aliphatic heterocycles. The Bertz CT molecular complexity index is 490. The maximum atomic E-state index is 12.0. The first-order valence-corrected chi connectivity index (χ1v) is 5.77. The van der Waals surface area contributed by atoms with Crippen LogP contribution in [0, 0.1) is 6.92 Å². The molecule has 0 N–H and O–H groups in total. The number of carbonyl (C=O) groups excluding carboxylic acids is 1. The van der Waals surface area contributed by atoms with Crippen LogP contribution in [0.5, 0.6) is 0 Å². The van der Waals surface area contributed by atoms with Crippen LogP contribution in [0.1, 0.15) is 22.8 Å². The van der Waals surface area contributed by atoms with Gasteiger partial charge in [0.1, 0.15) is 5.76 Å². The first-order valence-electron chi connectivity index (χ1n) is 5.77. The van der Waals surface area contributed by atoms with Crippen molar-refractivity contribution in [3.05, 3.63) is 71.5 Å². The molecule has 94 valence electrons. The molecule has 0 amide bonds. The van der Waals surface area contributed by atoms with Crippen molar-refractivity contribution in [2.24, 2.45) is 0 Å². The van der Waals surface area contributed by atoms with Crippen molar-refractivity contribution in [2.75, 3.05) is 7.11 Å². The topological polar surface area (TPSA) is 26.3 Å². The normalized spacial score (nSPS) is 11.6. The number of Topliss-reactive ketones (excluding diaryl/α,β-unsaturated/α-hetero) is 1. The summed E-state index contributed by atoms with van der Waals surface area (Å²) >= 11 is 0. The fourth-order valence-corrected chi connectivity index (χ4v) is 1.43. The Morgan fingerprint density at radius 2 is 1.83 bits per heavy atom. The minimum absolute atomic E-state index is 0.0715. The van der Waals surface area contributed by atoms with Gasteiger partial charge in [-0.25, -0.2) is 0 Å². The van der Waals surface area contributed by atoms with Gasteiger partial charge in [-0.2, -0.15) is 0 Å². The summed E-state index contributed by atoms with van der Waals surface area (Å²) < 4.78 is 5.07. The predicted octanol–water partition coefficient (Wildman–Crippen LogP) is 3.84. The molecule has 0 heterocycles. The Labute approximate surface area is 108 Å². The predicted molar refractivity (Wildman–Crippen MR) is 74.6 cm³/mol. The molecule has 0 aromatic heterocycles. The van der Waals surface area contributed by atoms with Crippen molar-refractivity contribution in [1.29, 1.82) is 0 Å². The third-order valence-corrected chi connectivity index (χ3v) is 2.57. The van der Waals surface area contributed by atoms with Crippen LogP contribution in [0.15, 0.2) is 60.4 Å². The average molecular weight is 242 g/mol. The summed E-state index contributed by atoms with van der Waals surface area (Å²) in [6.07, 6.45) is 5.22. The summed E-state index contributed by atoms with van der Waals surface area (Å²) in [4.78, 5) is 12.0. The summed E-state index contributed by atoms with van der Waals surface area (Å²) in [5.41, 5.74) is 2.22. The van der Waals surface area contributed by atoms with Crippen molar-refractivity contribution in [1.82, 2.24) is 0 Å². The van der Waals surface area contributed by atoms with E-state index in [1.54, 1.807) is 19.3 Å². The third kappa shape index (κ3) is 3.74. The molecule has 0 radical (unpaired) electrons. The van der Waals surface area contributed by atoms with Gasteiger partial charge in [0.25, 0.3) is 0 Å². The maximum absolute atomic E-state index is 12.0. The molecular weight excluding hydrogens is 224 g/mol. The van der Waals surface area contributed by atoms with Gasteiger partial charge in [-0.1, -0.05) is 36.4 Å². The second kappa shape index (κ2) is 6.60. The maximum Gasteiger partial charge on any atom is 0.192 e. The van der Waals surface area contributed by atoms with Crippen LogP contribution in [0.2, 0.25) is 0 Å². The lowest BCUT2D eigenvalue weighted by atomic mass is 10.0. The van der Waals surface area contributed by atoms with Crippen molar-refractivity contribution < 1.29 is 9.53 Å². The molecule has 2 heteroatoms. The number of benzene rings is 1. The number of methoxy groups -OCH3 is 1. The molecule has 2 nitrogen and oxygen atoms in total. The SMILES string of the molecule is C=C(/C=C\C(=C/C)OC)C(=O)c1ccc(C)cc1. The monoisotopic (exact) mass is 242 g/mol. The molecule has 0 fully saturated rings. The minimum Gasteiger partial charge on any atom is -0.497 e. The lowest BCUT2D eigenvalue weighted by Crippen LogP contribution is -2.00. The van der Waals surface area contributed by atoms with E-state index in [-0.39, 0.29) is 5.78 Å². The van der Waals surface area contributed by atoms with E-state index in [2.05, 4.69) is 6.58 Å². The van der Waals surface area contributed by atoms with E-state index in [4.69, 9.17) is 4.74 Å². The highest BCUT2D eigenvalue weighted by Gasteiger charge is 2.07. The first-order chi connectivity index (χ1) is 8.58. The first kappa shape index (κ1) is 14.0. The largest absolute Gasteiger partial charge is 0.497 e. The number of rotatable bonds is 5. The highest BCUT2D eigenvalue weighted by Crippen LogP contribution is 2.10. The Morgan fingerprint density at radius 1 is 1.22 bits per heavy atom. The van der Waals surface area contributed by atoms with Crippen LogP contribution >= 0.6 is 0 Å². The van der Waals surface area contributed by atoms with Gasteiger partial charge in [0.2, 0.25) is 0 Å². The van der Waals surface area contributed by atoms with Crippen LogP contribution in [0.4, 0.5) is 0 Å². The lowest BCUT2D eigenvalue weighted by molar-refractivity contribution is 0.103. The fraction of sp³-hybridized carbons (Fsp3) is 0.188. The molecular formula is C16H18O2. The van der Waals surface area contributed by atoms with Crippen LogP contribution in [0.25, 0.3) is 0 Å². The summed E-state index contributed by atoms with van der Waals surface area (Å²) in [6.45, 7) is 7.63. The molecule has 1 rings (SSSR count). The molecule has 0 bridgehead atoms. The molecule has 0 unspecified atom stereocenters. The number of hydrogen-bond acceptors (Lipinski definition) is 2. The standard InChI is InChI=1S/C16H18O2/c1-5-15(18-4)11-8-13(3)16(17)14-9-6-12(2)7-10-14/h5-11H,3H2,1-2,4H3/b11-8-,15-5+. The van der Waals surface area contributed by atoms with Crippen LogP contribution in [-0.2, 0) is 4.74 Å². The molecule has 1 aromatic carbocycles. The quantitative estimate of drug-likeness (QED) is 0.339. The third-order valence-electron chi connectivity index (χ3n) is 2.57. The summed E-state index contributed by atoms with van der Waals surface area (Å²) in [5.74, 6) is 0.630. The number of aryl methyl sites for hydroxylation is 1. The van der Waals surface area contributed by atoms with Gasteiger partial charge in [-0.05, 0) is 32.1 Å². The number of carbonyl (C=O) groups is 1. The molecule has 1 aromatic rings. The zero-order valence-corrected chi connectivity index (χ0v) is 11.1. The molecule has 0 saturated heterocycles. The van der Waals surface area contributed by atoms with E-state index in [1.807, 2.05) is 44.2 Å². The smallest absolute Gasteiger partial charge is 0.192 e. The number of ketones is 1. The van der Waals surface area contributed by atoms with Crippen molar-refractivity contribution >= 4 is 5.78 Å². The van der Waals surface area contributed by atoms with Crippen LogP contribution in [0.3, 0.4) is 0 Å². The fourth-order valence-electron chi connectivity index (χ4n) is 1.43. The lowest BCUT2D eigenvalue weighted by Gasteiger charge is -2.02. The van der Waals surface area contributed by atoms with Gasteiger partial charge in [0.05, 0.1) is 7.11 Å². The van der Waals surface area contributed by atoms with Gasteiger partial charge in [-0.15, -0.1) is 0 Å². The molecule has 0 atom stereocenters. The second-order valence-electron chi connectivity index (χ2n) is 3.95. The van der Waals surface area contributed by atoms with Crippen LogP contribution < -0.4 is 0 Å². The van der Waals surface area contributed by atoms with Gasteiger partial charge >= 0.3 is 0 Å². The minimum atomic E-state index is -0.0715. The highest BCUT2D eigenvalue weighted by atomic mass is 16.5. The van der Waals surface area contributed by atoms with E-state index >= 15 is 0 Å². The molecule has 0 aliphatic rings. The van der Waals surface area contributed by atoms with Crippen molar-refractivity contribution in [3.63, 3.8) is 0 Å². The average Bonchev–Trinajstić information content (AvgIpc) is 2.39. The molecule has 0 saturated carbocycles. The van der Waals surface area contributed by atoms with E-state index in [0.29, 0.717) is 16.9 Å². The highest BCUT2D eigenvalue weighted by molar-refractivity contribution is 6.10. The summed E-state index contributed by atoms with van der Waals surface area (Å²) in [7, 11) is 1.59. The van der Waals surface area contributed by atoms with Crippen molar-refractivity contribution in [2.45, 2.75) is 13.8 Å². The van der Waals surface area contributed by atoms with E-state index < -0.39 is 0 Å². The van der Waals surface area contributed by atoms with Gasteiger partial charge < -0.3 is 4.74 Å². The van der Waals surface area contributed by atoms with Crippen molar-refractivity contribution in [3.8, 4) is 0 Å². The number of ether oxygens (including phenoxy) is 1. The molecule has 0 aliphatic carbocycles.